The van der Waals surface area contributed by atoms with Crippen LogP contribution in [0.4, 0.5) is 19.0 Å². The van der Waals surface area contributed by atoms with Crippen LogP contribution in [0.1, 0.15) is 12.5 Å². The molecule has 1 rings (SSSR count). The number of hydrogen-bond donors (Lipinski definition) is 0. The summed E-state index contributed by atoms with van der Waals surface area (Å²) in [6, 6.07) is 1.78. The highest BCUT2D eigenvalue weighted by Crippen LogP contribution is 2.32. The quantitative estimate of drug-likeness (QED) is 0.612. The van der Waals surface area contributed by atoms with Crippen LogP contribution in [-0.4, -0.2) is 31.8 Å². The van der Waals surface area contributed by atoms with E-state index in [0.29, 0.717) is 19.8 Å². The molecule has 0 amide bonds. The molecule has 7 heteroatoms. The third kappa shape index (κ3) is 4.34. The molecule has 0 bridgehead atoms. The number of likely N-dealkylation sites (N-methyl/N-ethyl adjacent to an activating group) is 1. The molecular formula is C11H14ClF3N2O. The van der Waals surface area contributed by atoms with Gasteiger partial charge in [-0.05, 0) is 19.1 Å². The molecule has 0 aliphatic carbocycles. The Hall–Kier alpha value is -1.01. The first-order valence-corrected chi connectivity index (χ1v) is 5.76. The maximum absolute atomic E-state index is 12.6. The van der Waals surface area contributed by atoms with Crippen LogP contribution in [0.2, 0.25) is 5.15 Å². The third-order valence-electron chi connectivity index (χ3n) is 2.27. The molecule has 3 nitrogen and oxygen atoms in total. The van der Waals surface area contributed by atoms with Crippen molar-refractivity contribution in [1.29, 1.82) is 0 Å². The van der Waals surface area contributed by atoms with Crippen molar-refractivity contribution in [2.24, 2.45) is 0 Å². The second-order valence-corrected chi connectivity index (χ2v) is 4.04. The van der Waals surface area contributed by atoms with Gasteiger partial charge in [0.25, 0.3) is 0 Å². The SMILES string of the molecule is CCOCCN(C)c1cc(C(F)(F)F)cc(Cl)n1. The average molecular weight is 283 g/mol. The van der Waals surface area contributed by atoms with E-state index in [1.165, 1.54) is 0 Å². The van der Waals surface area contributed by atoms with E-state index in [0.717, 1.165) is 12.1 Å². The molecular weight excluding hydrogens is 269 g/mol. The summed E-state index contributed by atoms with van der Waals surface area (Å²) in [6.07, 6.45) is -4.43. The molecule has 0 unspecified atom stereocenters. The highest BCUT2D eigenvalue weighted by Gasteiger charge is 2.31. The zero-order valence-electron chi connectivity index (χ0n) is 10.1. The lowest BCUT2D eigenvalue weighted by atomic mass is 10.2. The van der Waals surface area contributed by atoms with Crippen molar-refractivity contribution in [3.05, 3.63) is 22.8 Å². The lowest BCUT2D eigenvalue weighted by Gasteiger charge is -2.19. The molecule has 0 N–H and O–H groups in total. The number of halogens is 4. The Labute approximate surface area is 109 Å². The predicted octanol–water partition coefficient (Wildman–Crippen LogP) is 3.23. The van der Waals surface area contributed by atoms with Crippen LogP contribution in [0.5, 0.6) is 0 Å². The van der Waals surface area contributed by atoms with Gasteiger partial charge in [-0.2, -0.15) is 13.2 Å². The van der Waals surface area contributed by atoms with E-state index >= 15 is 0 Å². The fraction of sp³-hybridized carbons (Fsp3) is 0.545. The van der Waals surface area contributed by atoms with Crippen molar-refractivity contribution in [1.82, 2.24) is 4.98 Å². The number of nitrogens with zero attached hydrogens (tertiary/aromatic N) is 2. The van der Waals surface area contributed by atoms with E-state index in [-0.39, 0.29) is 11.0 Å². The Balaban J connectivity index is 2.85. The first-order valence-electron chi connectivity index (χ1n) is 5.38. The van der Waals surface area contributed by atoms with Gasteiger partial charge in [-0.15, -0.1) is 0 Å². The summed E-state index contributed by atoms with van der Waals surface area (Å²) < 4.78 is 42.9. The third-order valence-corrected chi connectivity index (χ3v) is 2.47. The molecule has 0 spiro atoms. The zero-order chi connectivity index (χ0) is 13.8. The minimum Gasteiger partial charge on any atom is -0.380 e. The summed E-state index contributed by atoms with van der Waals surface area (Å²) in [5.74, 6) is 0.175. The highest BCUT2D eigenvalue weighted by atomic mass is 35.5. The minimum atomic E-state index is -4.43. The largest absolute Gasteiger partial charge is 0.416 e. The maximum atomic E-state index is 12.6. The van der Waals surface area contributed by atoms with Crippen LogP contribution in [0, 0.1) is 0 Å². The Morgan fingerprint density at radius 3 is 2.61 bits per heavy atom. The van der Waals surface area contributed by atoms with Gasteiger partial charge >= 0.3 is 6.18 Å². The number of ether oxygens (including phenoxy) is 1. The molecule has 0 saturated heterocycles. The molecule has 0 fully saturated rings. The van der Waals surface area contributed by atoms with Gasteiger partial charge in [0.15, 0.2) is 0 Å². The molecule has 0 aliphatic rings. The van der Waals surface area contributed by atoms with Crippen molar-refractivity contribution in [2.75, 3.05) is 31.7 Å². The summed E-state index contributed by atoms with van der Waals surface area (Å²) in [4.78, 5) is 5.43. The predicted molar refractivity (Wildman–Crippen MR) is 64.0 cm³/mol. The smallest absolute Gasteiger partial charge is 0.380 e. The standard InChI is InChI=1S/C11H14ClF3N2O/c1-3-18-5-4-17(2)10-7-8(11(13,14)15)6-9(12)16-10/h6-7H,3-5H2,1-2H3. The lowest BCUT2D eigenvalue weighted by molar-refractivity contribution is -0.137. The molecule has 0 aliphatic heterocycles. The van der Waals surface area contributed by atoms with Gasteiger partial charge in [0, 0.05) is 20.2 Å². The van der Waals surface area contributed by atoms with Crippen molar-refractivity contribution in [3.63, 3.8) is 0 Å². The maximum Gasteiger partial charge on any atom is 0.416 e. The van der Waals surface area contributed by atoms with Crippen LogP contribution in [0.25, 0.3) is 0 Å². The number of alkyl halides is 3. The summed E-state index contributed by atoms with van der Waals surface area (Å²) in [6.45, 7) is 3.27. The van der Waals surface area contributed by atoms with Crippen molar-refractivity contribution >= 4 is 17.4 Å². The Morgan fingerprint density at radius 1 is 1.39 bits per heavy atom. The van der Waals surface area contributed by atoms with Gasteiger partial charge in [0.2, 0.25) is 0 Å². The van der Waals surface area contributed by atoms with Crippen molar-refractivity contribution < 1.29 is 17.9 Å². The first kappa shape index (κ1) is 15.0. The summed E-state index contributed by atoms with van der Waals surface area (Å²) >= 11 is 5.59. The van der Waals surface area contributed by atoms with Gasteiger partial charge in [0.05, 0.1) is 12.2 Å². The van der Waals surface area contributed by atoms with E-state index in [1.807, 2.05) is 6.92 Å². The van der Waals surface area contributed by atoms with Crippen LogP contribution in [0.15, 0.2) is 12.1 Å². The topological polar surface area (TPSA) is 25.4 Å². The summed E-state index contributed by atoms with van der Waals surface area (Å²) in [7, 11) is 1.64. The van der Waals surface area contributed by atoms with Gasteiger partial charge < -0.3 is 9.64 Å². The Morgan fingerprint density at radius 2 is 2.06 bits per heavy atom. The fourth-order valence-corrected chi connectivity index (χ4v) is 1.51. The van der Waals surface area contributed by atoms with Crippen LogP contribution in [-0.2, 0) is 10.9 Å². The van der Waals surface area contributed by atoms with E-state index in [2.05, 4.69) is 4.98 Å². The van der Waals surface area contributed by atoms with E-state index < -0.39 is 11.7 Å². The summed E-state index contributed by atoms with van der Waals surface area (Å²) in [5.41, 5.74) is -0.805. The number of hydrogen-bond acceptors (Lipinski definition) is 3. The van der Waals surface area contributed by atoms with Crippen molar-refractivity contribution in [3.8, 4) is 0 Å². The molecule has 0 atom stereocenters. The molecule has 1 aromatic heterocycles. The van der Waals surface area contributed by atoms with Gasteiger partial charge in [-0.3, -0.25) is 0 Å². The Kier molecular flexibility index (Phi) is 5.22. The fourth-order valence-electron chi connectivity index (χ4n) is 1.30. The zero-order valence-corrected chi connectivity index (χ0v) is 10.8. The second kappa shape index (κ2) is 6.24. The number of anilines is 1. The van der Waals surface area contributed by atoms with Crippen molar-refractivity contribution in [2.45, 2.75) is 13.1 Å². The molecule has 0 radical (unpaired) electrons. The number of pyridine rings is 1. The van der Waals surface area contributed by atoms with Gasteiger partial charge in [-0.1, -0.05) is 11.6 Å². The normalized spacial score (nSPS) is 11.7. The van der Waals surface area contributed by atoms with Crippen LogP contribution in [0.3, 0.4) is 0 Å². The molecule has 102 valence electrons. The monoisotopic (exact) mass is 282 g/mol. The second-order valence-electron chi connectivity index (χ2n) is 3.65. The molecule has 1 aromatic rings. The van der Waals surface area contributed by atoms with E-state index in [9.17, 15) is 13.2 Å². The Bertz CT molecular complexity index is 398. The molecule has 1 heterocycles. The van der Waals surface area contributed by atoms with Crippen LogP contribution < -0.4 is 4.90 Å². The van der Waals surface area contributed by atoms with Crippen LogP contribution >= 0.6 is 11.6 Å². The van der Waals surface area contributed by atoms with E-state index in [1.54, 1.807) is 11.9 Å². The first-order chi connectivity index (χ1) is 8.34. The average Bonchev–Trinajstić information content (AvgIpc) is 2.27. The minimum absolute atomic E-state index is 0.175. The van der Waals surface area contributed by atoms with Gasteiger partial charge in [-0.25, -0.2) is 4.98 Å². The van der Waals surface area contributed by atoms with E-state index in [4.69, 9.17) is 16.3 Å². The molecule has 0 aromatic carbocycles. The van der Waals surface area contributed by atoms with Gasteiger partial charge in [0.1, 0.15) is 11.0 Å². The highest BCUT2D eigenvalue weighted by molar-refractivity contribution is 6.29. The number of aromatic nitrogens is 1. The summed E-state index contributed by atoms with van der Waals surface area (Å²) in [5, 5.41) is -0.178. The number of rotatable bonds is 5. The molecule has 0 saturated carbocycles. The lowest BCUT2D eigenvalue weighted by Crippen LogP contribution is -2.24. The molecule has 18 heavy (non-hydrogen) atoms.